The first-order chi connectivity index (χ1) is 10.6. The summed E-state index contributed by atoms with van der Waals surface area (Å²) in [6, 6.07) is 1.40. The second kappa shape index (κ2) is 6.58. The van der Waals surface area contributed by atoms with Gasteiger partial charge < -0.3 is 4.90 Å². The van der Waals surface area contributed by atoms with Crippen LogP contribution in [0.25, 0.3) is 0 Å². The molecule has 1 aliphatic heterocycles. The fraction of sp³-hybridized carbons (Fsp3) is 0.714. The molecule has 1 aromatic rings. The van der Waals surface area contributed by atoms with Crippen LogP contribution in [0.1, 0.15) is 30.0 Å². The summed E-state index contributed by atoms with van der Waals surface area (Å²) in [5.41, 5.74) is 1.18. The molecule has 2 N–H and O–H groups in total. The third kappa shape index (κ3) is 3.91. The fourth-order valence-corrected chi connectivity index (χ4v) is 3.62. The molecule has 1 aromatic heterocycles. The average Bonchev–Trinajstić information content (AvgIpc) is 3.04. The van der Waals surface area contributed by atoms with E-state index in [4.69, 9.17) is 0 Å². The van der Waals surface area contributed by atoms with Gasteiger partial charge in [0, 0.05) is 38.9 Å². The van der Waals surface area contributed by atoms with Crippen LogP contribution in [0.3, 0.4) is 0 Å². The van der Waals surface area contributed by atoms with Crippen LogP contribution >= 0.6 is 0 Å². The van der Waals surface area contributed by atoms with E-state index in [-0.39, 0.29) is 23.8 Å². The Morgan fingerprint density at radius 3 is 2.57 bits per heavy atom. The zero-order chi connectivity index (χ0) is 17.4. The number of aryl methyl sites for hydroxylation is 1. The summed E-state index contributed by atoms with van der Waals surface area (Å²) in [6.07, 6.45) is 0. The van der Waals surface area contributed by atoms with Crippen LogP contribution in [0.2, 0.25) is 0 Å². The van der Waals surface area contributed by atoms with Crippen molar-refractivity contribution in [2.45, 2.75) is 26.8 Å². The van der Waals surface area contributed by atoms with Crippen molar-refractivity contribution in [3.8, 4) is 0 Å². The van der Waals surface area contributed by atoms with Gasteiger partial charge in [-0.05, 0) is 24.8 Å². The van der Waals surface area contributed by atoms with Gasteiger partial charge in [-0.1, -0.05) is 13.8 Å². The van der Waals surface area contributed by atoms with Gasteiger partial charge in [0.2, 0.25) is 0 Å². The minimum atomic E-state index is -3.53. The highest BCUT2D eigenvalue weighted by atomic mass is 32.2. The van der Waals surface area contributed by atoms with Gasteiger partial charge in [-0.25, -0.2) is 0 Å². The van der Waals surface area contributed by atoms with E-state index in [0.717, 1.165) is 10.00 Å². The average molecular weight is 343 g/mol. The van der Waals surface area contributed by atoms with Crippen LogP contribution in [0, 0.1) is 18.8 Å². The smallest absolute Gasteiger partial charge is 0.279 e. The highest BCUT2D eigenvalue weighted by Gasteiger charge is 2.39. The Kier molecular flexibility index (Phi) is 5.12. The van der Waals surface area contributed by atoms with E-state index in [0.29, 0.717) is 18.8 Å². The second-order valence-electron chi connectivity index (χ2n) is 6.57. The molecule has 9 heteroatoms. The molecule has 1 amide bonds. The number of hydrogen-bond acceptors (Lipinski definition) is 4. The Labute approximate surface area is 137 Å². The Morgan fingerprint density at radius 2 is 2.09 bits per heavy atom. The maximum Gasteiger partial charge on any atom is 0.279 e. The number of nitrogens with one attached hydrogen (secondary N) is 2. The number of H-pyrrole nitrogens is 1. The number of carbonyl (C=O) groups is 1. The van der Waals surface area contributed by atoms with E-state index in [1.165, 1.54) is 14.1 Å². The van der Waals surface area contributed by atoms with Crippen molar-refractivity contribution in [1.29, 1.82) is 0 Å². The first-order valence-corrected chi connectivity index (χ1v) is 9.07. The lowest BCUT2D eigenvalue weighted by molar-refractivity contribution is 0.0777. The van der Waals surface area contributed by atoms with Crippen molar-refractivity contribution >= 4 is 16.1 Å². The summed E-state index contributed by atoms with van der Waals surface area (Å²) in [4.78, 5) is 14.2. The van der Waals surface area contributed by atoms with Crippen LogP contribution in [0.15, 0.2) is 6.07 Å². The van der Waals surface area contributed by atoms with Crippen molar-refractivity contribution < 1.29 is 13.2 Å². The Hall–Kier alpha value is -1.45. The predicted molar refractivity (Wildman–Crippen MR) is 87.1 cm³/mol. The van der Waals surface area contributed by atoms with Gasteiger partial charge in [-0.15, -0.1) is 0 Å². The summed E-state index contributed by atoms with van der Waals surface area (Å²) in [6.45, 7) is 6.77. The van der Waals surface area contributed by atoms with Crippen molar-refractivity contribution in [1.82, 2.24) is 24.1 Å². The SMILES string of the molecule is Cc1cc(C(=O)N2C[C@H](NS(=O)(=O)N(C)C)[C@@H](C(C)C)C2)n[nH]1. The summed E-state index contributed by atoms with van der Waals surface area (Å²) in [7, 11) is -0.568. The number of nitrogens with zero attached hydrogens (tertiary/aromatic N) is 3. The van der Waals surface area contributed by atoms with Gasteiger partial charge in [0.25, 0.3) is 16.1 Å². The molecule has 0 radical (unpaired) electrons. The number of amides is 1. The molecule has 23 heavy (non-hydrogen) atoms. The van der Waals surface area contributed by atoms with Gasteiger partial charge in [-0.3, -0.25) is 9.89 Å². The normalized spacial score (nSPS) is 22.3. The van der Waals surface area contributed by atoms with Crippen LogP contribution in [0.4, 0.5) is 0 Å². The van der Waals surface area contributed by atoms with Crippen LogP contribution in [-0.2, 0) is 10.2 Å². The topological polar surface area (TPSA) is 98.4 Å². The van der Waals surface area contributed by atoms with Crippen molar-refractivity contribution in [3.63, 3.8) is 0 Å². The minimum absolute atomic E-state index is 0.0636. The summed E-state index contributed by atoms with van der Waals surface area (Å²) in [5.74, 6) is 0.142. The molecule has 0 spiro atoms. The lowest BCUT2D eigenvalue weighted by Crippen LogP contribution is -2.46. The summed E-state index contributed by atoms with van der Waals surface area (Å²) < 4.78 is 28.0. The van der Waals surface area contributed by atoms with Gasteiger partial charge in [0.15, 0.2) is 0 Å². The molecule has 130 valence electrons. The summed E-state index contributed by atoms with van der Waals surface area (Å²) >= 11 is 0. The predicted octanol–water partition coefficient (Wildman–Crippen LogP) is 0.211. The van der Waals surface area contributed by atoms with Gasteiger partial charge in [-0.2, -0.15) is 22.5 Å². The highest BCUT2D eigenvalue weighted by Crippen LogP contribution is 2.26. The van der Waals surface area contributed by atoms with Crippen LogP contribution in [0.5, 0.6) is 0 Å². The number of carbonyl (C=O) groups excluding carboxylic acids is 1. The van der Waals surface area contributed by atoms with E-state index in [2.05, 4.69) is 14.9 Å². The third-order valence-corrected chi connectivity index (χ3v) is 5.78. The second-order valence-corrected chi connectivity index (χ2v) is 8.48. The maximum atomic E-state index is 12.5. The lowest BCUT2D eigenvalue weighted by atomic mass is 9.92. The third-order valence-electron chi connectivity index (χ3n) is 4.21. The molecule has 0 saturated carbocycles. The van der Waals surface area contributed by atoms with Crippen molar-refractivity contribution in [2.75, 3.05) is 27.2 Å². The molecular formula is C14H25N5O3S. The molecule has 0 aromatic carbocycles. The molecule has 2 heterocycles. The van der Waals surface area contributed by atoms with Crippen molar-refractivity contribution in [3.05, 3.63) is 17.5 Å². The Bertz CT molecular complexity index is 668. The summed E-state index contributed by atoms with van der Waals surface area (Å²) in [5, 5.41) is 6.75. The fourth-order valence-electron chi connectivity index (χ4n) is 2.78. The number of likely N-dealkylation sites (tertiary alicyclic amines) is 1. The molecule has 0 aliphatic carbocycles. The molecule has 8 nitrogen and oxygen atoms in total. The first kappa shape index (κ1) is 17.9. The molecular weight excluding hydrogens is 318 g/mol. The number of aromatic amines is 1. The molecule has 1 fully saturated rings. The van der Waals surface area contributed by atoms with Crippen LogP contribution in [-0.4, -0.2) is 67.0 Å². The van der Waals surface area contributed by atoms with E-state index in [9.17, 15) is 13.2 Å². The van der Waals surface area contributed by atoms with Gasteiger partial charge >= 0.3 is 0 Å². The number of rotatable bonds is 5. The van der Waals surface area contributed by atoms with Crippen LogP contribution < -0.4 is 4.72 Å². The standard InChI is InChI=1S/C14H25N5O3S/c1-9(2)11-7-19(14(20)12-6-10(3)15-16-12)8-13(11)17-23(21,22)18(4)5/h6,9,11,13,17H,7-8H2,1-5H3,(H,15,16)/t11-,13+/m1/s1. The van der Waals surface area contributed by atoms with Crippen molar-refractivity contribution in [2.24, 2.45) is 11.8 Å². The number of hydrogen-bond donors (Lipinski definition) is 2. The monoisotopic (exact) mass is 343 g/mol. The zero-order valence-electron chi connectivity index (χ0n) is 14.2. The molecule has 1 saturated heterocycles. The molecule has 0 bridgehead atoms. The molecule has 0 unspecified atom stereocenters. The largest absolute Gasteiger partial charge is 0.335 e. The molecule has 1 aliphatic rings. The Morgan fingerprint density at radius 1 is 1.43 bits per heavy atom. The highest BCUT2D eigenvalue weighted by molar-refractivity contribution is 7.87. The minimum Gasteiger partial charge on any atom is -0.335 e. The van der Waals surface area contributed by atoms with E-state index >= 15 is 0 Å². The van der Waals surface area contributed by atoms with Gasteiger partial charge in [0.1, 0.15) is 5.69 Å². The quantitative estimate of drug-likeness (QED) is 0.798. The van der Waals surface area contributed by atoms with Gasteiger partial charge in [0.05, 0.1) is 0 Å². The Balaban J connectivity index is 2.16. The number of aromatic nitrogens is 2. The molecule has 2 atom stereocenters. The molecule has 2 rings (SSSR count). The lowest BCUT2D eigenvalue weighted by Gasteiger charge is -2.24. The maximum absolute atomic E-state index is 12.5. The first-order valence-electron chi connectivity index (χ1n) is 7.63. The zero-order valence-corrected chi connectivity index (χ0v) is 15.0. The van der Waals surface area contributed by atoms with E-state index in [1.54, 1.807) is 11.0 Å². The van der Waals surface area contributed by atoms with E-state index < -0.39 is 10.2 Å². The van der Waals surface area contributed by atoms with E-state index in [1.807, 2.05) is 20.8 Å².